The van der Waals surface area contributed by atoms with Gasteiger partial charge in [-0.05, 0) is 37.6 Å². The Hall–Kier alpha value is -1.86. The molecule has 0 aliphatic carbocycles. The molecule has 124 valence electrons. The monoisotopic (exact) mass is 334 g/mol. The second-order valence-corrected chi connectivity index (χ2v) is 6.97. The molecule has 2 aromatic rings. The Kier molecular flexibility index (Phi) is 4.68. The van der Waals surface area contributed by atoms with E-state index in [1.807, 2.05) is 36.4 Å². The Morgan fingerprint density at radius 2 is 2.43 bits per heavy atom. The lowest BCUT2D eigenvalue weighted by Crippen LogP contribution is -2.39. The number of amides is 2. The molecule has 2 aromatic heterocycles. The number of likely N-dealkylation sites (tertiary alicyclic amines) is 1. The van der Waals surface area contributed by atoms with E-state index in [1.165, 1.54) is 0 Å². The zero-order chi connectivity index (χ0) is 16.4. The highest BCUT2D eigenvalue weighted by molar-refractivity contribution is 7.10. The molecule has 0 spiro atoms. The predicted molar refractivity (Wildman–Crippen MR) is 90.6 cm³/mol. The molecule has 2 N–H and O–H groups in total. The van der Waals surface area contributed by atoms with Crippen molar-refractivity contribution in [3.8, 4) is 0 Å². The van der Waals surface area contributed by atoms with E-state index in [9.17, 15) is 9.90 Å². The third-order valence-corrected chi connectivity index (χ3v) is 5.23. The fourth-order valence-corrected chi connectivity index (χ4v) is 3.84. The Morgan fingerprint density at radius 3 is 3.09 bits per heavy atom. The standard InChI is InChI=1S/C16H22N4O2S/c1-11-13(10-19(2)18-11)17-16(22)20-7-3-5-12(20)9-14(21)15-6-4-8-23-15/h4,6,8,10,12,14,21H,3,5,7,9H2,1-2H3,(H,17,22)/t12-,14+/m1/s1. The predicted octanol–water partition coefficient (Wildman–Crippen LogP) is 2.91. The summed E-state index contributed by atoms with van der Waals surface area (Å²) in [4.78, 5) is 15.3. The molecule has 23 heavy (non-hydrogen) atoms. The molecule has 1 aliphatic heterocycles. The highest BCUT2D eigenvalue weighted by Gasteiger charge is 2.31. The fourth-order valence-electron chi connectivity index (χ4n) is 3.11. The van der Waals surface area contributed by atoms with Gasteiger partial charge in [0.1, 0.15) is 0 Å². The van der Waals surface area contributed by atoms with Crippen LogP contribution in [0.4, 0.5) is 10.5 Å². The van der Waals surface area contributed by atoms with Crippen molar-refractivity contribution in [3.05, 3.63) is 34.3 Å². The number of hydrogen-bond acceptors (Lipinski definition) is 4. The molecule has 2 atom stereocenters. The number of carbonyl (C=O) groups is 1. The number of aromatic nitrogens is 2. The van der Waals surface area contributed by atoms with Gasteiger partial charge in [0.15, 0.2) is 0 Å². The summed E-state index contributed by atoms with van der Waals surface area (Å²) in [5, 5.41) is 19.5. The van der Waals surface area contributed by atoms with Crippen LogP contribution in [0, 0.1) is 6.92 Å². The number of aliphatic hydroxyl groups excluding tert-OH is 1. The Labute approximate surface area is 139 Å². The first-order valence-corrected chi connectivity index (χ1v) is 8.72. The minimum atomic E-state index is -0.506. The fraction of sp³-hybridized carbons (Fsp3) is 0.500. The minimum absolute atomic E-state index is 0.0732. The van der Waals surface area contributed by atoms with Crippen molar-refractivity contribution >= 4 is 23.1 Å². The second-order valence-electron chi connectivity index (χ2n) is 5.99. The molecule has 7 heteroatoms. The molecule has 3 heterocycles. The number of nitrogens with one attached hydrogen (secondary N) is 1. The quantitative estimate of drug-likeness (QED) is 0.903. The SMILES string of the molecule is Cc1nn(C)cc1NC(=O)N1CCC[C@@H]1C[C@H](O)c1cccs1. The number of aliphatic hydroxyl groups is 1. The molecule has 0 aromatic carbocycles. The molecule has 0 saturated carbocycles. The van der Waals surface area contributed by atoms with Gasteiger partial charge in [-0.1, -0.05) is 6.07 Å². The second kappa shape index (κ2) is 6.72. The van der Waals surface area contributed by atoms with Gasteiger partial charge in [0.2, 0.25) is 0 Å². The number of aryl methyl sites for hydroxylation is 2. The zero-order valence-electron chi connectivity index (χ0n) is 13.4. The first kappa shape index (κ1) is 16.0. The third kappa shape index (κ3) is 3.56. The van der Waals surface area contributed by atoms with Crippen molar-refractivity contribution < 1.29 is 9.90 Å². The van der Waals surface area contributed by atoms with E-state index >= 15 is 0 Å². The van der Waals surface area contributed by atoms with Gasteiger partial charge in [-0.3, -0.25) is 4.68 Å². The lowest BCUT2D eigenvalue weighted by molar-refractivity contribution is 0.132. The molecule has 0 unspecified atom stereocenters. The van der Waals surface area contributed by atoms with Crippen molar-refractivity contribution in [2.24, 2.45) is 7.05 Å². The van der Waals surface area contributed by atoms with Crippen molar-refractivity contribution in [3.63, 3.8) is 0 Å². The summed E-state index contributed by atoms with van der Waals surface area (Å²) in [7, 11) is 1.83. The highest BCUT2D eigenvalue weighted by atomic mass is 32.1. The van der Waals surface area contributed by atoms with E-state index in [0.29, 0.717) is 6.42 Å². The number of nitrogens with zero attached hydrogens (tertiary/aromatic N) is 3. The van der Waals surface area contributed by atoms with Gasteiger partial charge in [-0.2, -0.15) is 5.10 Å². The molecule has 1 saturated heterocycles. The Balaban J connectivity index is 1.64. The maximum Gasteiger partial charge on any atom is 0.322 e. The van der Waals surface area contributed by atoms with E-state index in [2.05, 4.69) is 10.4 Å². The lowest BCUT2D eigenvalue weighted by Gasteiger charge is -2.26. The summed E-state index contributed by atoms with van der Waals surface area (Å²) in [6.45, 7) is 2.60. The lowest BCUT2D eigenvalue weighted by atomic mass is 10.1. The van der Waals surface area contributed by atoms with Gasteiger partial charge >= 0.3 is 6.03 Å². The summed E-state index contributed by atoms with van der Waals surface area (Å²) in [6.07, 6.45) is 3.79. The highest BCUT2D eigenvalue weighted by Crippen LogP contribution is 2.30. The van der Waals surface area contributed by atoms with Crippen LogP contribution in [-0.4, -0.2) is 38.4 Å². The molecule has 6 nitrogen and oxygen atoms in total. The van der Waals surface area contributed by atoms with Crippen molar-refractivity contribution in [1.82, 2.24) is 14.7 Å². The number of urea groups is 1. The average Bonchev–Trinajstić information content (AvgIpc) is 3.21. The first-order valence-electron chi connectivity index (χ1n) is 7.84. The van der Waals surface area contributed by atoms with E-state index in [1.54, 1.807) is 22.2 Å². The van der Waals surface area contributed by atoms with Gasteiger partial charge in [0, 0.05) is 30.7 Å². The van der Waals surface area contributed by atoms with Gasteiger partial charge in [0.25, 0.3) is 0 Å². The number of hydrogen-bond donors (Lipinski definition) is 2. The summed E-state index contributed by atoms with van der Waals surface area (Å²) in [5.41, 5.74) is 1.54. The van der Waals surface area contributed by atoms with Crippen LogP contribution in [0.2, 0.25) is 0 Å². The van der Waals surface area contributed by atoms with Crippen molar-refractivity contribution in [2.75, 3.05) is 11.9 Å². The number of anilines is 1. The topological polar surface area (TPSA) is 70.4 Å². The van der Waals surface area contributed by atoms with E-state index in [4.69, 9.17) is 0 Å². The van der Waals surface area contributed by atoms with Crippen molar-refractivity contribution in [1.29, 1.82) is 0 Å². The smallest absolute Gasteiger partial charge is 0.322 e. The number of carbonyl (C=O) groups excluding carboxylic acids is 1. The van der Waals surface area contributed by atoms with Crippen LogP contribution < -0.4 is 5.32 Å². The van der Waals surface area contributed by atoms with Gasteiger partial charge in [0.05, 0.1) is 17.5 Å². The van der Waals surface area contributed by atoms with E-state index in [0.717, 1.165) is 35.6 Å². The average molecular weight is 334 g/mol. The maximum absolute atomic E-state index is 12.6. The van der Waals surface area contributed by atoms with Crippen molar-refractivity contribution in [2.45, 2.75) is 38.3 Å². The third-order valence-electron chi connectivity index (χ3n) is 4.26. The van der Waals surface area contributed by atoms with Crippen LogP contribution in [-0.2, 0) is 7.05 Å². The minimum Gasteiger partial charge on any atom is -0.387 e. The Morgan fingerprint density at radius 1 is 1.61 bits per heavy atom. The first-order chi connectivity index (χ1) is 11.0. The van der Waals surface area contributed by atoms with Crippen LogP contribution in [0.25, 0.3) is 0 Å². The largest absolute Gasteiger partial charge is 0.387 e. The molecule has 1 aliphatic rings. The van der Waals surface area contributed by atoms with Gasteiger partial charge in [-0.15, -0.1) is 11.3 Å². The molecular formula is C16H22N4O2S. The number of thiophene rings is 1. The summed E-state index contributed by atoms with van der Waals surface area (Å²) in [6, 6.07) is 3.84. The van der Waals surface area contributed by atoms with Crippen LogP contribution in [0.1, 0.15) is 35.9 Å². The van der Waals surface area contributed by atoms with Crippen LogP contribution in [0.15, 0.2) is 23.7 Å². The summed E-state index contributed by atoms with van der Waals surface area (Å²) < 4.78 is 1.69. The van der Waals surface area contributed by atoms with E-state index in [-0.39, 0.29) is 12.1 Å². The zero-order valence-corrected chi connectivity index (χ0v) is 14.2. The molecular weight excluding hydrogens is 312 g/mol. The van der Waals surface area contributed by atoms with Gasteiger partial charge in [-0.25, -0.2) is 4.79 Å². The molecule has 0 radical (unpaired) electrons. The van der Waals surface area contributed by atoms with Crippen LogP contribution >= 0.6 is 11.3 Å². The van der Waals surface area contributed by atoms with Gasteiger partial charge < -0.3 is 15.3 Å². The summed E-state index contributed by atoms with van der Waals surface area (Å²) in [5.74, 6) is 0. The number of rotatable bonds is 4. The Bertz CT molecular complexity index is 668. The summed E-state index contributed by atoms with van der Waals surface area (Å²) >= 11 is 1.55. The van der Waals surface area contributed by atoms with Crippen LogP contribution in [0.5, 0.6) is 0 Å². The van der Waals surface area contributed by atoms with Crippen LogP contribution in [0.3, 0.4) is 0 Å². The molecule has 0 bridgehead atoms. The molecule has 2 amide bonds. The molecule has 1 fully saturated rings. The normalized spacial score (nSPS) is 19.1. The maximum atomic E-state index is 12.6. The molecule has 3 rings (SSSR count). The van der Waals surface area contributed by atoms with E-state index < -0.39 is 6.10 Å².